The van der Waals surface area contributed by atoms with Crippen LogP contribution in [-0.2, 0) is 6.42 Å². The summed E-state index contributed by atoms with van der Waals surface area (Å²) >= 11 is 1.92. The van der Waals surface area contributed by atoms with Crippen molar-refractivity contribution < 1.29 is 0 Å². The molecule has 12 heavy (non-hydrogen) atoms. The van der Waals surface area contributed by atoms with Crippen LogP contribution in [0.15, 0.2) is 23.1 Å². The van der Waals surface area contributed by atoms with E-state index in [1.54, 1.807) is 0 Å². The Hall–Kier alpha value is -0.470. The highest BCUT2D eigenvalue weighted by molar-refractivity contribution is 8.00. The lowest BCUT2D eigenvalue weighted by Gasteiger charge is -2.00. The van der Waals surface area contributed by atoms with E-state index in [0.717, 1.165) is 13.0 Å². The van der Waals surface area contributed by atoms with Crippen molar-refractivity contribution in [3.63, 3.8) is 0 Å². The SMILES string of the molecule is Cc1ccc2c(c1)CC(CN)S2. The fourth-order valence-electron chi connectivity index (χ4n) is 1.58. The van der Waals surface area contributed by atoms with E-state index in [-0.39, 0.29) is 0 Å². The predicted octanol–water partition coefficient (Wildman–Crippen LogP) is 1.97. The second-order valence-corrected chi connectivity index (χ2v) is 4.63. The highest BCUT2D eigenvalue weighted by atomic mass is 32.2. The zero-order valence-corrected chi connectivity index (χ0v) is 8.03. The van der Waals surface area contributed by atoms with E-state index in [4.69, 9.17) is 5.73 Å². The highest BCUT2D eigenvalue weighted by Crippen LogP contribution is 2.36. The average molecular weight is 179 g/mol. The van der Waals surface area contributed by atoms with E-state index in [9.17, 15) is 0 Å². The van der Waals surface area contributed by atoms with E-state index in [2.05, 4.69) is 25.1 Å². The summed E-state index contributed by atoms with van der Waals surface area (Å²) in [6.45, 7) is 2.93. The van der Waals surface area contributed by atoms with Crippen molar-refractivity contribution in [2.75, 3.05) is 6.54 Å². The minimum atomic E-state index is 0.613. The highest BCUT2D eigenvalue weighted by Gasteiger charge is 2.20. The quantitative estimate of drug-likeness (QED) is 0.713. The monoisotopic (exact) mass is 179 g/mol. The summed E-state index contributed by atoms with van der Waals surface area (Å²) < 4.78 is 0. The van der Waals surface area contributed by atoms with Crippen LogP contribution in [0.2, 0.25) is 0 Å². The molecule has 1 atom stereocenters. The molecule has 0 bridgehead atoms. The van der Waals surface area contributed by atoms with Gasteiger partial charge in [0.15, 0.2) is 0 Å². The molecule has 64 valence electrons. The molecule has 1 heterocycles. The molecule has 1 unspecified atom stereocenters. The third-order valence-corrected chi connectivity index (χ3v) is 3.56. The van der Waals surface area contributed by atoms with Gasteiger partial charge in [-0.1, -0.05) is 17.7 Å². The van der Waals surface area contributed by atoms with Crippen molar-refractivity contribution in [3.05, 3.63) is 29.3 Å². The first-order chi connectivity index (χ1) is 5.79. The maximum atomic E-state index is 5.63. The molecule has 0 amide bonds. The third kappa shape index (κ3) is 1.37. The van der Waals surface area contributed by atoms with Crippen LogP contribution in [0.4, 0.5) is 0 Å². The van der Waals surface area contributed by atoms with Crippen LogP contribution in [0.25, 0.3) is 0 Å². The maximum Gasteiger partial charge on any atom is 0.0258 e. The summed E-state index contributed by atoms with van der Waals surface area (Å²) in [6, 6.07) is 6.66. The minimum absolute atomic E-state index is 0.613. The van der Waals surface area contributed by atoms with Gasteiger partial charge in [-0.2, -0.15) is 0 Å². The van der Waals surface area contributed by atoms with E-state index in [1.807, 2.05) is 11.8 Å². The molecule has 0 saturated heterocycles. The Morgan fingerprint density at radius 1 is 1.58 bits per heavy atom. The molecule has 2 rings (SSSR count). The van der Waals surface area contributed by atoms with Gasteiger partial charge in [0.05, 0.1) is 0 Å². The summed E-state index contributed by atoms with van der Waals surface area (Å²) in [5.74, 6) is 0. The molecule has 0 saturated carbocycles. The van der Waals surface area contributed by atoms with E-state index >= 15 is 0 Å². The molecule has 0 aliphatic carbocycles. The van der Waals surface area contributed by atoms with Crippen LogP contribution in [0.1, 0.15) is 11.1 Å². The first-order valence-corrected chi connectivity index (χ1v) is 5.14. The number of rotatable bonds is 1. The Morgan fingerprint density at radius 3 is 3.17 bits per heavy atom. The Kier molecular flexibility index (Phi) is 2.11. The molecular weight excluding hydrogens is 166 g/mol. The van der Waals surface area contributed by atoms with Crippen molar-refractivity contribution in [1.82, 2.24) is 0 Å². The van der Waals surface area contributed by atoms with Gasteiger partial charge in [0.25, 0.3) is 0 Å². The van der Waals surface area contributed by atoms with E-state index in [1.165, 1.54) is 16.0 Å². The predicted molar refractivity (Wildman–Crippen MR) is 53.6 cm³/mol. The van der Waals surface area contributed by atoms with Gasteiger partial charge >= 0.3 is 0 Å². The second-order valence-electron chi connectivity index (χ2n) is 3.29. The van der Waals surface area contributed by atoms with Crippen LogP contribution in [-0.4, -0.2) is 11.8 Å². The van der Waals surface area contributed by atoms with Crippen molar-refractivity contribution >= 4 is 11.8 Å². The number of fused-ring (bicyclic) bond motifs is 1. The molecule has 1 nitrogen and oxygen atoms in total. The summed E-state index contributed by atoms with van der Waals surface area (Å²) in [5.41, 5.74) is 8.47. The Bertz CT molecular complexity index is 296. The van der Waals surface area contributed by atoms with Crippen molar-refractivity contribution in [1.29, 1.82) is 0 Å². The molecular formula is C10H13NS. The third-order valence-electron chi connectivity index (χ3n) is 2.22. The molecule has 1 aliphatic rings. The van der Waals surface area contributed by atoms with Gasteiger partial charge in [-0.25, -0.2) is 0 Å². The van der Waals surface area contributed by atoms with Crippen LogP contribution in [0.5, 0.6) is 0 Å². The van der Waals surface area contributed by atoms with Crippen LogP contribution < -0.4 is 5.73 Å². The van der Waals surface area contributed by atoms with Crippen LogP contribution in [0.3, 0.4) is 0 Å². The van der Waals surface area contributed by atoms with Gasteiger partial charge in [-0.05, 0) is 25.0 Å². The fourth-order valence-corrected chi connectivity index (χ4v) is 2.74. The van der Waals surface area contributed by atoms with Gasteiger partial charge in [-0.15, -0.1) is 11.8 Å². The zero-order chi connectivity index (χ0) is 8.55. The standard InChI is InChI=1S/C10H13NS/c1-7-2-3-10-8(4-7)5-9(6-11)12-10/h2-4,9H,5-6,11H2,1H3. The molecule has 0 radical (unpaired) electrons. The zero-order valence-electron chi connectivity index (χ0n) is 7.21. The van der Waals surface area contributed by atoms with E-state index < -0.39 is 0 Å². The molecule has 0 fully saturated rings. The summed E-state index contributed by atoms with van der Waals surface area (Å²) in [4.78, 5) is 1.43. The smallest absolute Gasteiger partial charge is 0.0258 e. The first-order valence-electron chi connectivity index (χ1n) is 4.26. The van der Waals surface area contributed by atoms with Crippen molar-refractivity contribution in [2.24, 2.45) is 5.73 Å². The number of aryl methyl sites for hydroxylation is 1. The van der Waals surface area contributed by atoms with Gasteiger partial charge in [0.1, 0.15) is 0 Å². The van der Waals surface area contributed by atoms with Crippen LogP contribution in [0, 0.1) is 6.92 Å². The topological polar surface area (TPSA) is 26.0 Å². The Morgan fingerprint density at radius 2 is 2.42 bits per heavy atom. The number of hydrogen-bond donors (Lipinski definition) is 1. The van der Waals surface area contributed by atoms with Gasteiger partial charge < -0.3 is 5.73 Å². The first kappa shape index (κ1) is 8.14. The average Bonchev–Trinajstić information content (AvgIpc) is 2.46. The fraction of sp³-hybridized carbons (Fsp3) is 0.400. The van der Waals surface area contributed by atoms with Gasteiger partial charge in [0, 0.05) is 16.7 Å². The maximum absolute atomic E-state index is 5.63. The number of benzene rings is 1. The van der Waals surface area contributed by atoms with E-state index in [0.29, 0.717) is 5.25 Å². The molecule has 1 aromatic rings. The lowest BCUT2D eigenvalue weighted by Crippen LogP contribution is -2.15. The molecule has 2 heteroatoms. The summed E-state index contributed by atoms with van der Waals surface area (Å²) in [5, 5.41) is 0.613. The van der Waals surface area contributed by atoms with Crippen LogP contribution >= 0.6 is 11.8 Å². The van der Waals surface area contributed by atoms with Crippen molar-refractivity contribution in [2.45, 2.75) is 23.5 Å². The second kappa shape index (κ2) is 3.11. The Balaban J connectivity index is 2.30. The number of nitrogens with two attached hydrogens (primary N) is 1. The molecule has 0 aromatic heterocycles. The summed E-state index contributed by atoms with van der Waals surface area (Å²) in [6.07, 6.45) is 1.15. The largest absolute Gasteiger partial charge is 0.329 e. The minimum Gasteiger partial charge on any atom is -0.329 e. The molecule has 0 spiro atoms. The molecule has 2 N–H and O–H groups in total. The summed E-state index contributed by atoms with van der Waals surface area (Å²) in [7, 11) is 0. The normalized spacial score (nSPS) is 21.0. The van der Waals surface area contributed by atoms with Crippen molar-refractivity contribution in [3.8, 4) is 0 Å². The molecule has 1 aliphatic heterocycles. The Labute approximate surface area is 77.3 Å². The number of hydrogen-bond acceptors (Lipinski definition) is 2. The lowest BCUT2D eigenvalue weighted by atomic mass is 10.1. The lowest BCUT2D eigenvalue weighted by molar-refractivity contribution is 0.866. The van der Waals surface area contributed by atoms with Gasteiger partial charge in [-0.3, -0.25) is 0 Å². The number of thioether (sulfide) groups is 1. The van der Waals surface area contributed by atoms with Gasteiger partial charge in [0.2, 0.25) is 0 Å². The molecule has 1 aromatic carbocycles.